The van der Waals surface area contributed by atoms with Gasteiger partial charge in [-0.1, -0.05) is 48.5 Å². The number of unbranched alkanes of at least 4 members (excludes halogenated alkanes) is 1. The molecule has 202 valence electrons. The van der Waals surface area contributed by atoms with Gasteiger partial charge >= 0.3 is 6.09 Å². The lowest BCUT2D eigenvalue weighted by Crippen LogP contribution is -2.44. The Kier molecular flexibility index (Phi) is 10.7. The molecular formula is C24H28N6O6S2. The van der Waals surface area contributed by atoms with E-state index in [2.05, 4.69) is 25.7 Å². The third-order valence-corrected chi connectivity index (χ3v) is 6.41. The molecule has 6 N–H and O–H groups in total. The first-order valence-electron chi connectivity index (χ1n) is 11.6. The molecule has 1 aromatic heterocycles. The number of nitrogens with zero attached hydrogens (tertiary/aromatic N) is 1. The number of thiazole rings is 1. The number of carbonyl (C=O) groups excluding carboxylic acids is 3. The summed E-state index contributed by atoms with van der Waals surface area (Å²) in [5.41, 5.74) is 1.50. The van der Waals surface area contributed by atoms with Gasteiger partial charge in [-0.25, -0.2) is 19.6 Å². The van der Waals surface area contributed by atoms with Crippen LogP contribution in [0.5, 0.6) is 0 Å². The SMILES string of the molecule is NS(=O)(=O)NCCCC[C@H](NC(=O)OCc1ccccc1)C(=O)Nc1nc(C(=O)Nc2ccccc2)cs1. The van der Waals surface area contributed by atoms with Crippen LogP contribution in [0.15, 0.2) is 66.0 Å². The summed E-state index contributed by atoms with van der Waals surface area (Å²) in [5, 5.41) is 14.5. The Balaban J connectivity index is 1.58. The Bertz CT molecular complexity index is 1320. The summed E-state index contributed by atoms with van der Waals surface area (Å²) in [6, 6.07) is 16.9. The average molecular weight is 561 g/mol. The maximum Gasteiger partial charge on any atom is 0.408 e. The average Bonchev–Trinajstić information content (AvgIpc) is 3.36. The van der Waals surface area contributed by atoms with Gasteiger partial charge < -0.3 is 20.7 Å². The molecule has 14 heteroatoms. The molecule has 12 nitrogen and oxygen atoms in total. The van der Waals surface area contributed by atoms with Gasteiger partial charge in [0.1, 0.15) is 18.3 Å². The summed E-state index contributed by atoms with van der Waals surface area (Å²) < 4.78 is 29.4. The van der Waals surface area contributed by atoms with Crippen molar-refractivity contribution in [2.75, 3.05) is 17.2 Å². The van der Waals surface area contributed by atoms with Crippen LogP contribution in [0.25, 0.3) is 0 Å². The topological polar surface area (TPSA) is 182 Å². The fourth-order valence-electron chi connectivity index (χ4n) is 3.21. The minimum absolute atomic E-state index is 0.0195. The van der Waals surface area contributed by atoms with Crippen molar-refractivity contribution in [1.82, 2.24) is 15.0 Å². The highest BCUT2D eigenvalue weighted by atomic mass is 32.2. The van der Waals surface area contributed by atoms with Gasteiger partial charge in [0, 0.05) is 17.6 Å². The number of para-hydroxylation sites is 1. The lowest BCUT2D eigenvalue weighted by Gasteiger charge is -2.17. The predicted molar refractivity (Wildman–Crippen MR) is 144 cm³/mol. The van der Waals surface area contributed by atoms with E-state index in [1.807, 2.05) is 24.3 Å². The highest BCUT2D eigenvalue weighted by molar-refractivity contribution is 7.87. The zero-order valence-corrected chi connectivity index (χ0v) is 21.9. The summed E-state index contributed by atoms with van der Waals surface area (Å²) in [7, 11) is -3.82. The van der Waals surface area contributed by atoms with E-state index in [-0.39, 0.29) is 30.4 Å². The Hall–Kier alpha value is -3.85. The summed E-state index contributed by atoms with van der Waals surface area (Å²) in [5.74, 6) is -1.00. The first kappa shape index (κ1) is 28.7. The van der Waals surface area contributed by atoms with Crippen LogP contribution in [-0.2, 0) is 26.3 Å². The summed E-state index contributed by atoms with van der Waals surface area (Å²) >= 11 is 1.06. The molecule has 3 aromatic rings. The minimum Gasteiger partial charge on any atom is -0.445 e. The fraction of sp³-hybridized carbons (Fsp3) is 0.250. The fourth-order valence-corrected chi connectivity index (χ4v) is 4.33. The molecule has 3 amide bonds. The van der Waals surface area contributed by atoms with Crippen molar-refractivity contribution in [1.29, 1.82) is 0 Å². The third-order valence-electron chi connectivity index (χ3n) is 5.04. The molecule has 0 spiro atoms. The van der Waals surface area contributed by atoms with E-state index in [1.54, 1.807) is 36.4 Å². The molecular weight excluding hydrogens is 532 g/mol. The molecule has 0 radical (unpaired) electrons. The van der Waals surface area contributed by atoms with E-state index in [0.717, 1.165) is 16.9 Å². The normalized spacial score (nSPS) is 11.8. The zero-order valence-electron chi connectivity index (χ0n) is 20.3. The Morgan fingerprint density at radius 1 is 0.974 bits per heavy atom. The minimum atomic E-state index is -3.82. The molecule has 0 aliphatic carbocycles. The quantitative estimate of drug-likeness (QED) is 0.199. The van der Waals surface area contributed by atoms with Crippen LogP contribution in [0.3, 0.4) is 0 Å². The van der Waals surface area contributed by atoms with Crippen LogP contribution in [0.4, 0.5) is 15.6 Å². The molecule has 0 aliphatic rings. The number of aromatic nitrogens is 1. The number of carbonyl (C=O) groups is 3. The third kappa shape index (κ3) is 10.3. The first-order chi connectivity index (χ1) is 18.2. The number of anilines is 2. The van der Waals surface area contributed by atoms with Crippen LogP contribution in [0, 0.1) is 0 Å². The van der Waals surface area contributed by atoms with Crippen molar-refractivity contribution in [3.8, 4) is 0 Å². The van der Waals surface area contributed by atoms with Gasteiger partial charge in [0.05, 0.1) is 0 Å². The maximum absolute atomic E-state index is 13.0. The number of ether oxygens (including phenoxy) is 1. The molecule has 1 heterocycles. The van der Waals surface area contributed by atoms with Crippen LogP contribution in [0.1, 0.15) is 35.3 Å². The zero-order chi connectivity index (χ0) is 27.4. The highest BCUT2D eigenvalue weighted by Crippen LogP contribution is 2.18. The molecule has 0 saturated carbocycles. The van der Waals surface area contributed by atoms with Crippen LogP contribution in [0.2, 0.25) is 0 Å². The van der Waals surface area contributed by atoms with Gasteiger partial charge in [0.2, 0.25) is 5.91 Å². The van der Waals surface area contributed by atoms with Crippen molar-refractivity contribution in [3.05, 3.63) is 77.3 Å². The summed E-state index contributed by atoms with van der Waals surface area (Å²) in [6.07, 6.45) is 0.161. The molecule has 0 unspecified atom stereocenters. The van der Waals surface area contributed by atoms with Crippen LogP contribution >= 0.6 is 11.3 Å². The second-order valence-corrected chi connectivity index (χ2v) is 10.3. The monoisotopic (exact) mass is 560 g/mol. The Labute approximate surface area is 224 Å². The van der Waals surface area contributed by atoms with Crippen molar-refractivity contribution in [2.24, 2.45) is 5.14 Å². The Morgan fingerprint density at radius 2 is 1.66 bits per heavy atom. The van der Waals surface area contributed by atoms with Gasteiger partial charge in [-0.3, -0.25) is 9.59 Å². The molecule has 0 aliphatic heterocycles. The standard InChI is InChI=1S/C24H28N6O6S2/c25-38(34,35)26-14-8-7-13-19(29-24(33)36-15-17-9-3-1-4-10-17)21(31)30-23-28-20(16-37-23)22(32)27-18-11-5-2-6-12-18/h1-6,9-12,16,19,26H,7-8,13-15H2,(H,27,32)(H,29,33)(H2,25,34,35)(H,28,30,31)/t19-/m0/s1. The second kappa shape index (κ2) is 14.2. The van der Waals surface area contributed by atoms with E-state index in [0.29, 0.717) is 18.5 Å². The number of nitrogens with two attached hydrogens (primary N) is 1. The highest BCUT2D eigenvalue weighted by Gasteiger charge is 2.23. The smallest absolute Gasteiger partial charge is 0.408 e. The van der Waals surface area contributed by atoms with Gasteiger partial charge in [-0.15, -0.1) is 11.3 Å². The van der Waals surface area contributed by atoms with Gasteiger partial charge in [0.25, 0.3) is 16.1 Å². The van der Waals surface area contributed by atoms with E-state index < -0.39 is 34.2 Å². The van der Waals surface area contributed by atoms with E-state index in [9.17, 15) is 22.8 Å². The lowest BCUT2D eigenvalue weighted by atomic mass is 10.1. The van der Waals surface area contributed by atoms with Gasteiger partial charge in [-0.05, 0) is 37.0 Å². The molecule has 3 rings (SSSR count). The maximum atomic E-state index is 13.0. The number of nitrogens with one attached hydrogen (secondary N) is 4. The number of amides is 3. The van der Waals surface area contributed by atoms with Gasteiger partial charge in [-0.2, -0.15) is 8.42 Å². The van der Waals surface area contributed by atoms with Crippen LogP contribution < -0.4 is 25.8 Å². The van der Waals surface area contributed by atoms with Gasteiger partial charge in [0.15, 0.2) is 5.13 Å². The number of hydrogen-bond donors (Lipinski definition) is 5. The van der Waals surface area contributed by atoms with Crippen molar-refractivity contribution >= 4 is 50.3 Å². The first-order valence-corrected chi connectivity index (χ1v) is 14.0. The summed E-state index contributed by atoms with van der Waals surface area (Å²) in [6.45, 7) is 0.101. The molecule has 0 saturated heterocycles. The van der Waals surface area contributed by atoms with E-state index in [1.165, 1.54) is 5.38 Å². The van der Waals surface area contributed by atoms with Crippen molar-refractivity contribution in [2.45, 2.75) is 31.9 Å². The number of hydrogen-bond acceptors (Lipinski definition) is 8. The molecule has 38 heavy (non-hydrogen) atoms. The second-order valence-electron chi connectivity index (χ2n) is 8.04. The van der Waals surface area contributed by atoms with Crippen molar-refractivity contribution in [3.63, 3.8) is 0 Å². The predicted octanol–water partition coefficient (Wildman–Crippen LogP) is 2.59. The molecule has 0 bridgehead atoms. The van der Waals surface area contributed by atoms with Crippen LogP contribution in [-0.4, -0.2) is 43.9 Å². The number of alkyl carbamates (subject to hydrolysis) is 1. The van der Waals surface area contributed by atoms with E-state index >= 15 is 0 Å². The number of benzene rings is 2. The molecule has 0 fully saturated rings. The summed E-state index contributed by atoms with van der Waals surface area (Å²) in [4.78, 5) is 42.0. The Morgan fingerprint density at radius 3 is 2.34 bits per heavy atom. The number of rotatable bonds is 13. The lowest BCUT2D eigenvalue weighted by molar-refractivity contribution is -0.118. The largest absolute Gasteiger partial charge is 0.445 e. The molecule has 1 atom stereocenters. The van der Waals surface area contributed by atoms with E-state index in [4.69, 9.17) is 9.88 Å². The molecule has 2 aromatic carbocycles. The van der Waals surface area contributed by atoms with Crippen molar-refractivity contribution < 1.29 is 27.5 Å².